The molecule has 14 rings (SSSR count). The van der Waals surface area contributed by atoms with Crippen LogP contribution in [-0.2, 0) is 55.0 Å². The number of nitrogen functional groups attached to an aromatic ring is 4. The predicted molar refractivity (Wildman–Crippen MR) is 582 cm³/mol. The largest absolute Gasteiger partial charge is 0.475 e. The van der Waals surface area contributed by atoms with Gasteiger partial charge < -0.3 is 56.7 Å². The monoisotopic (exact) mass is 2120 g/mol. The number of hydrogen-bond acceptors (Lipinski definition) is 33. The molecule has 804 valence electrons. The number of carbonyl (C=O) groups excluding carboxylic acids is 5. The fourth-order valence-corrected chi connectivity index (χ4v) is 23.0. The van der Waals surface area contributed by atoms with Crippen LogP contribution in [0.1, 0.15) is 281 Å². The number of anilines is 8. The second-order valence-electron chi connectivity index (χ2n) is 44.3. The van der Waals surface area contributed by atoms with E-state index in [1.807, 2.05) is 78.5 Å². The van der Waals surface area contributed by atoms with E-state index in [0.29, 0.717) is 115 Å². The molecule has 12 N–H and O–H groups in total. The number of nitrogens with two attached hydrogens (primary N) is 4. The minimum absolute atomic E-state index is 0.0232. The minimum Gasteiger partial charge on any atom is -0.475 e. The Bertz CT molecular complexity index is 7060. The van der Waals surface area contributed by atoms with Crippen LogP contribution in [0.2, 0.25) is 0 Å². The smallest absolute Gasteiger partial charge is 0.414 e. The number of sulfonamides is 4. The number of pyridine rings is 9. The second kappa shape index (κ2) is 46.4. The van der Waals surface area contributed by atoms with Gasteiger partial charge in [0.15, 0.2) is 15.1 Å². The van der Waals surface area contributed by atoms with Crippen LogP contribution < -0.4 is 66.2 Å². The number of nitrogens with zero attached hydrogens (tertiary/aromatic N) is 14. The quantitative estimate of drug-likeness (QED) is 0.0211. The highest BCUT2D eigenvalue weighted by Gasteiger charge is 2.46. The van der Waals surface area contributed by atoms with Crippen LogP contribution in [0, 0.1) is 36.5 Å². The number of nitrogens with one attached hydrogen (secondary N) is 4. The molecule has 42 heteroatoms. The molecule has 5 aliphatic heterocycles. The van der Waals surface area contributed by atoms with Gasteiger partial charge in [0.1, 0.15) is 63.6 Å². The zero-order chi connectivity index (χ0) is 110. The summed E-state index contributed by atoms with van der Waals surface area (Å²) in [5.41, 5.74) is 28.4. The maximum atomic E-state index is 13.7. The molecule has 14 heterocycles. The predicted octanol–water partition coefficient (Wildman–Crippen LogP) is 16.5. The van der Waals surface area contributed by atoms with Gasteiger partial charge in [0.05, 0.1) is 57.7 Å². The number of aromatic nitrogens is 9. The molecule has 0 unspecified atom stereocenters. The number of allylic oxidation sites excluding steroid dienone is 2. The first kappa shape index (κ1) is 116. The second-order valence-corrected chi connectivity index (χ2v) is 50.9. The average Bonchev–Trinajstić information content (AvgIpc) is 1.69. The number of amides is 5. The van der Waals surface area contributed by atoms with Gasteiger partial charge in [-0.25, -0.2) is 77.0 Å². The molecule has 0 aromatic carbocycles. The molecule has 0 saturated carbocycles. The van der Waals surface area contributed by atoms with Crippen molar-refractivity contribution in [2.45, 2.75) is 277 Å². The van der Waals surface area contributed by atoms with Crippen LogP contribution in [-0.4, -0.2) is 193 Å². The Morgan fingerprint density at radius 2 is 0.926 bits per heavy atom. The van der Waals surface area contributed by atoms with E-state index in [1.165, 1.54) is 77.8 Å². The zero-order valence-corrected chi connectivity index (χ0v) is 93.3. The Morgan fingerprint density at radius 3 is 1.33 bits per heavy atom. The van der Waals surface area contributed by atoms with Crippen molar-refractivity contribution >= 4 is 134 Å². The van der Waals surface area contributed by atoms with Gasteiger partial charge in [0.2, 0.25) is 5.88 Å². The molecule has 0 bridgehead atoms. The highest BCUT2D eigenvalue weighted by atomic mass is 32.2. The lowest BCUT2D eigenvalue weighted by molar-refractivity contribution is 0.0348. The summed E-state index contributed by atoms with van der Waals surface area (Å²) in [6.45, 7) is 55.2. The van der Waals surface area contributed by atoms with Gasteiger partial charge in [0.25, 0.3) is 63.7 Å². The molecule has 0 aliphatic carbocycles. The van der Waals surface area contributed by atoms with Gasteiger partial charge >= 0.3 is 6.09 Å². The summed E-state index contributed by atoms with van der Waals surface area (Å²) >= 11 is 0. The van der Waals surface area contributed by atoms with Gasteiger partial charge in [-0.15, -0.1) is 0 Å². The third kappa shape index (κ3) is 29.9. The van der Waals surface area contributed by atoms with Crippen molar-refractivity contribution in [1.82, 2.24) is 68.6 Å². The normalized spacial score (nSPS) is 17.9. The van der Waals surface area contributed by atoms with Gasteiger partial charge in [-0.2, -0.15) is 25.3 Å². The van der Waals surface area contributed by atoms with Crippen LogP contribution in [0.15, 0.2) is 165 Å². The molecule has 4 atom stereocenters. The molecular formula is C107H146N22O16S4. The first-order valence-corrected chi connectivity index (χ1v) is 55.8. The van der Waals surface area contributed by atoms with Crippen LogP contribution in [0.5, 0.6) is 5.88 Å². The van der Waals surface area contributed by atoms with Crippen molar-refractivity contribution < 1.29 is 71.9 Å². The van der Waals surface area contributed by atoms with Gasteiger partial charge in [-0.1, -0.05) is 98.2 Å². The number of aryl methyl sites for hydroxylation is 1. The Morgan fingerprint density at radius 1 is 0.503 bits per heavy atom. The van der Waals surface area contributed by atoms with Crippen molar-refractivity contribution in [3.63, 3.8) is 0 Å². The van der Waals surface area contributed by atoms with E-state index < -0.39 is 75.4 Å². The number of hydrogen-bond donors (Lipinski definition) is 8. The summed E-state index contributed by atoms with van der Waals surface area (Å²) in [5.74, 6) is 1.14. The number of ether oxygens (including phenoxy) is 3. The molecule has 0 radical (unpaired) electrons. The maximum Gasteiger partial charge on any atom is 0.414 e. The molecule has 149 heavy (non-hydrogen) atoms. The lowest BCUT2D eigenvalue weighted by Crippen LogP contribution is -2.41. The Labute approximate surface area is 877 Å². The fourth-order valence-electron chi connectivity index (χ4n) is 19.1. The first-order chi connectivity index (χ1) is 69.2. The molecule has 9 aromatic heterocycles. The Hall–Kier alpha value is -13.3. The molecule has 9 aromatic rings. The van der Waals surface area contributed by atoms with Gasteiger partial charge in [-0.05, 0) is 300 Å². The molecule has 5 aliphatic rings. The molecular weight excluding hydrogens is 1980 g/mol. The summed E-state index contributed by atoms with van der Waals surface area (Å²) in [5, 5.41) is -0.974. The van der Waals surface area contributed by atoms with Crippen LogP contribution in [0.25, 0.3) is 29.0 Å². The molecule has 0 spiro atoms. The molecule has 38 nitrogen and oxygen atoms in total. The van der Waals surface area contributed by atoms with Crippen molar-refractivity contribution in [1.29, 1.82) is 0 Å². The van der Waals surface area contributed by atoms with Gasteiger partial charge in [-0.3, -0.25) is 24.1 Å². The summed E-state index contributed by atoms with van der Waals surface area (Å²) in [6.07, 6.45) is 16.6. The highest BCUT2D eigenvalue weighted by molar-refractivity contribution is 7.91. The van der Waals surface area contributed by atoms with Crippen LogP contribution in [0.3, 0.4) is 0 Å². The van der Waals surface area contributed by atoms with Crippen LogP contribution in [0.4, 0.5) is 51.3 Å². The fraction of sp³-hybridized carbons (Fsp3) is 0.477. The third-order valence-corrected chi connectivity index (χ3v) is 30.5. The van der Waals surface area contributed by atoms with Crippen molar-refractivity contribution in [3.8, 4) is 17.1 Å². The van der Waals surface area contributed by atoms with Crippen molar-refractivity contribution in [3.05, 3.63) is 196 Å². The lowest BCUT2D eigenvalue weighted by Gasteiger charge is -2.35. The van der Waals surface area contributed by atoms with E-state index in [1.54, 1.807) is 54.9 Å². The molecule has 4 saturated heterocycles. The molecule has 4 fully saturated rings. The van der Waals surface area contributed by atoms with E-state index >= 15 is 0 Å². The van der Waals surface area contributed by atoms with Crippen molar-refractivity contribution in [2.24, 2.45) is 29.6 Å². The highest BCUT2D eigenvalue weighted by Crippen LogP contribution is 2.45. The zero-order valence-electron chi connectivity index (χ0n) is 90.0. The summed E-state index contributed by atoms with van der Waals surface area (Å²) in [4.78, 5) is 115. The molecule has 5 amide bonds. The third-order valence-electron chi connectivity index (χ3n) is 25.4. The minimum atomic E-state index is -4.27. The topological polar surface area (TPSA) is 534 Å². The summed E-state index contributed by atoms with van der Waals surface area (Å²) < 4.78 is 129. The standard InChI is InChI=1S/C29H38N6O5S.C29H43N5O3S.C27H36N6O5S.C22H29N5O3S/c1-18(2)39-12-13-40-28-20(4)14-21(16-32-28)23-10-9-22(26(33-23)35-17-19(3)15-29(35,5)6)27(36)34-41(37,38)24-8-7-11-31-25(24)30;1-19(2)12-9-10-13-21-16-22(27(35)33-38(36,37)24-15-11-14-23(30)31-24)26(32-25(21)28(4,5)6)34-18-20(3)17-29(34,7)8;1-17-14-27(5,6)33(15-17)23-19(24(34)31-39(36,37)22-9-7-8-21(28)30-22)10-11-20(29-23)18-12-13-32(16-18)25(35)38-26(2,3)4;1-14(2)11-16-9-10-17(20(24-16)27-13-15(3)12-22(27,4)5)21(28)26-31(29,30)19-8-6-7-18(23)25-19/h7-11,14,16,18-19H,12-13,15,17H2,1-6H3,(H2,30,31)(H,34,36);10-11,13-16,19-20H,9,12,17-18H2,1-8H3,(H2,30,31)(H,33,35);7-11,16-17H,12-15H2,1-6H3,(H2,28,30)(H,31,34);6-11,15H,12-13H2,1-5H3,(H2,23,25)(H,26,28)/b;13-10+;;/t19-;20-;17-;15-/m0000/s1. The summed E-state index contributed by atoms with van der Waals surface area (Å²) in [6, 6.07) is 29.0. The van der Waals surface area contributed by atoms with Gasteiger partial charge in [0, 0.05) is 90.0 Å². The van der Waals surface area contributed by atoms with Crippen molar-refractivity contribution in [2.75, 3.05) is 88.5 Å². The maximum absolute atomic E-state index is 13.7. The van der Waals surface area contributed by atoms with Crippen LogP contribution >= 0.6 is 0 Å². The van der Waals surface area contributed by atoms with E-state index in [4.69, 9.17) is 57.1 Å². The van der Waals surface area contributed by atoms with E-state index in [-0.39, 0.29) is 99.2 Å². The number of carbonyl (C=O) groups is 5. The lowest BCUT2D eigenvalue weighted by atomic mass is 9.87. The summed E-state index contributed by atoms with van der Waals surface area (Å²) in [7, 11) is -17.0. The van der Waals surface area contributed by atoms with E-state index in [9.17, 15) is 57.6 Å². The number of rotatable bonds is 28. The Balaban J connectivity index is 0.000000189. The van der Waals surface area contributed by atoms with E-state index in [2.05, 4.69) is 182 Å². The average molecular weight is 2120 g/mol. The first-order valence-electron chi connectivity index (χ1n) is 49.8. The van der Waals surface area contributed by atoms with E-state index in [0.717, 1.165) is 85.1 Å². The SMILES string of the molecule is CC(C)=Cc1ccc(C(=O)NS(=O)(=O)c2cccc(N)n2)c(N2C[C@@H](C)CC2(C)C)n1.CC(C)CC/C=C/c1cc(C(=O)NS(=O)(=O)c2cccc(N)n2)c(N2C[C@@H](C)CC2(C)C)nc1C(C)(C)C.C[C@@H]1CN(c2nc(C3=CN(C(=O)OC(C)(C)C)CC3)ccc2C(=O)NS(=O)(=O)c2cccc(N)n2)C(C)(C)C1.Cc1cc(-c2ccc(C(=O)NS(=O)(=O)c3cccnc3N)c(N3C[C@@H](C)CC3(C)C)n2)cnc1OCCOC(C)C. The Kier molecular flexibility index (Phi) is 36.1.